The molecule has 28 heavy (non-hydrogen) atoms. The molecular weight excluding hydrogens is 355 g/mol. The molecule has 7 heteroatoms. The van der Waals surface area contributed by atoms with Crippen LogP contribution >= 0.6 is 0 Å². The van der Waals surface area contributed by atoms with Gasteiger partial charge in [-0.1, -0.05) is 38.3 Å². The first kappa shape index (κ1) is 19.3. The minimum Gasteiger partial charge on any atom is -0.358 e. The van der Waals surface area contributed by atoms with Gasteiger partial charge in [-0.05, 0) is 41.8 Å². The molecule has 2 aromatic rings. The first-order valence-electron chi connectivity index (χ1n) is 10.9. The van der Waals surface area contributed by atoms with E-state index in [-0.39, 0.29) is 5.82 Å². The van der Waals surface area contributed by atoms with Gasteiger partial charge < -0.3 is 9.80 Å². The highest BCUT2D eigenvalue weighted by Gasteiger charge is 2.34. The van der Waals surface area contributed by atoms with Crippen LogP contribution in [0.5, 0.6) is 0 Å². The van der Waals surface area contributed by atoms with Crippen LogP contribution in [-0.4, -0.2) is 46.4 Å². The number of piperazine rings is 1. The number of unbranched alkanes of at least 4 members (excludes halogenated alkanes) is 1. The second-order valence-corrected chi connectivity index (χ2v) is 8.21. The van der Waals surface area contributed by atoms with Crippen LogP contribution in [0.4, 0.5) is 10.1 Å². The molecule has 0 unspecified atom stereocenters. The van der Waals surface area contributed by atoms with E-state index in [1.54, 1.807) is 12.1 Å². The molecule has 0 radical (unpaired) electrons. The summed E-state index contributed by atoms with van der Waals surface area (Å²) in [5.74, 6) is 0.938. The van der Waals surface area contributed by atoms with Crippen LogP contribution in [0.2, 0.25) is 0 Å². The van der Waals surface area contributed by atoms with E-state index in [1.807, 2.05) is 12.1 Å². The summed E-state index contributed by atoms with van der Waals surface area (Å²) in [5.41, 5.74) is 0.724. The fraction of sp³-hybridized carbons (Fsp3) is 0.667. The zero-order valence-corrected chi connectivity index (χ0v) is 16.9. The highest BCUT2D eigenvalue weighted by Crippen LogP contribution is 2.30. The Balaban J connectivity index is 1.49. The van der Waals surface area contributed by atoms with Gasteiger partial charge in [-0.15, -0.1) is 5.10 Å². The highest BCUT2D eigenvalue weighted by molar-refractivity contribution is 5.47. The Kier molecular flexibility index (Phi) is 6.20. The molecule has 2 fully saturated rings. The molecule has 0 bridgehead atoms. The molecule has 1 atom stereocenters. The summed E-state index contributed by atoms with van der Waals surface area (Å²) in [6.45, 7) is 5.94. The maximum Gasteiger partial charge on any atom is 0.209 e. The number of nitrogens with zero attached hydrogens (tertiary/aromatic N) is 5. The number of quaternary nitrogens is 1. The van der Waals surface area contributed by atoms with Crippen molar-refractivity contribution in [2.75, 3.05) is 31.1 Å². The SMILES string of the molecule is CCCC[C@H](c1nnnn1C1CCCC1)[NH+]1CCN(c2ccccc2F)CC1. The van der Waals surface area contributed by atoms with Crippen molar-refractivity contribution in [1.29, 1.82) is 0 Å². The van der Waals surface area contributed by atoms with Gasteiger partial charge in [0.2, 0.25) is 5.82 Å². The van der Waals surface area contributed by atoms with Gasteiger partial charge in [0.25, 0.3) is 0 Å². The van der Waals surface area contributed by atoms with E-state index in [4.69, 9.17) is 0 Å². The Morgan fingerprint density at radius 1 is 1.18 bits per heavy atom. The highest BCUT2D eigenvalue weighted by atomic mass is 19.1. The maximum absolute atomic E-state index is 14.2. The standard InChI is InChI=1S/C21H31FN6/c1-2-3-11-20(21-23-24-25-28(21)17-8-4-5-9-17)27-15-13-26(14-16-27)19-12-7-6-10-18(19)22/h6-7,10,12,17,20H,2-5,8-9,11,13-16H2,1H3/p+1/t20-/m1/s1. The van der Waals surface area contributed by atoms with Crippen molar-refractivity contribution in [1.82, 2.24) is 20.2 Å². The number of hydrogen-bond donors (Lipinski definition) is 1. The van der Waals surface area contributed by atoms with Crippen LogP contribution in [0.25, 0.3) is 0 Å². The minimum absolute atomic E-state index is 0.126. The quantitative estimate of drug-likeness (QED) is 0.793. The number of hydrogen-bond acceptors (Lipinski definition) is 4. The molecule has 1 aromatic heterocycles. The van der Waals surface area contributed by atoms with Crippen molar-refractivity contribution in [2.45, 2.75) is 64.0 Å². The topological polar surface area (TPSA) is 51.3 Å². The third-order valence-electron chi connectivity index (χ3n) is 6.44. The van der Waals surface area contributed by atoms with Crippen molar-refractivity contribution in [3.8, 4) is 0 Å². The van der Waals surface area contributed by atoms with Gasteiger partial charge >= 0.3 is 0 Å². The zero-order chi connectivity index (χ0) is 19.3. The van der Waals surface area contributed by atoms with Crippen molar-refractivity contribution in [3.05, 3.63) is 35.9 Å². The molecule has 152 valence electrons. The normalized spacial score (nSPS) is 20.0. The summed E-state index contributed by atoms with van der Waals surface area (Å²) in [6, 6.07) is 7.90. The van der Waals surface area contributed by atoms with Gasteiger partial charge in [0.1, 0.15) is 11.9 Å². The molecule has 0 amide bonds. The molecule has 4 rings (SSSR count). The van der Waals surface area contributed by atoms with E-state index in [0.29, 0.717) is 12.1 Å². The van der Waals surface area contributed by atoms with E-state index in [9.17, 15) is 4.39 Å². The van der Waals surface area contributed by atoms with Crippen LogP contribution in [-0.2, 0) is 0 Å². The lowest BCUT2D eigenvalue weighted by atomic mass is 10.1. The van der Waals surface area contributed by atoms with Gasteiger partial charge in [0.15, 0.2) is 0 Å². The molecule has 1 aromatic carbocycles. The van der Waals surface area contributed by atoms with Gasteiger partial charge in [0.05, 0.1) is 37.9 Å². The van der Waals surface area contributed by atoms with E-state index in [2.05, 4.69) is 32.0 Å². The predicted octanol–water partition coefficient (Wildman–Crippen LogP) is 2.56. The Labute approximate surface area is 166 Å². The largest absolute Gasteiger partial charge is 0.358 e. The second kappa shape index (κ2) is 8.99. The number of anilines is 1. The average molecular weight is 388 g/mol. The fourth-order valence-corrected chi connectivity index (χ4v) is 4.85. The molecule has 1 N–H and O–H groups in total. The van der Waals surface area contributed by atoms with Crippen LogP contribution < -0.4 is 9.80 Å². The average Bonchev–Trinajstić information content (AvgIpc) is 3.41. The third-order valence-corrected chi connectivity index (χ3v) is 6.44. The Morgan fingerprint density at radius 3 is 2.64 bits per heavy atom. The number of para-hydroxylation sites is 1. The predicted molar refractivity (Wildman–Crippen MR) is 107 cm³/mol. The first-order chi connectivity index (χ1) is 13.8. The number of aromatic nitrogens is 4. The van der Waals surface area contributed by atoms with Crippen LogP contribution in [0.3, 0.4) is 0 Å². The molecule has 0 spiro atoms. The molecule has 2 aliphatic rings. The first-order valence-corrected chi connectivity index (χ1v) is 10.9. The molecule has 6 nitrogen and oxygen atoms in total. The summed E-state index contributed by atoms with van der Waals surface area (Å²) in [5, 5.41) is 12.9. The molecule has 2 heterocycles. The van der Waals surface area contributed by atoms with E-state index in [1.165, 1.54) is 43.4 Å². The van der Waals surface area contributed by atoms with Crippen molar-refractivity contribution < 1.29 is 9.29 Å². The molecular formula is C21H32FN6+. The van der Waals surface area contributed by atoms with Gasteiger partial charge in [-0.2, -0.15) is 0 Å². The third kappa shape index (κ3) is 4.04. The van der Waals surface area contributed by atoms with E-state index in [0.717, 1.165) is 44.1 Å². The minimum atomic E-state index is -0.126. The summed E-state index contributed by atoms with van der Waals surface area (Å²) in [7, 11) is 0. The molecule has 1 saturated carbocycles. The number of rotatable bonds is 7. The Morgan fingerprint density at radius 2 is 1.93 bits per heavy atom. The maximum atomic E-state index is 14.2. The molecule has 1 aliphatic heterocycles. The van der Waals surface area contributed by atoms with E-state index < -0.39 is 0 Å². The lowest BCUT2D eigenvalue weighted by molar-refractivity contribution is -0.933. The number of tetrazole rings is 1. The van der Waals surface area contributed by atoms with Crippen molar-refractivity contribution in [3.63, 3.8) is 0 Å². The molecule has 1 aliphatic carbocycles. The monoisotopic (exact) mass is 387 g/mol. The number of halogens is 1. The van der Waals surface area contributed by atoms with Gasteiger partial charge in [-0.25, -0.2) is 9.07 Å². The summed E-state index contributed by atoms with van der Waals surface area (Å²) in [6.07, 6.45) is 8.40. The second-order valence-electron chi connectivity index (χ2n) is 8.21. The van der Waals surface area contributed by atoms with Crippen molar-refractivity contribution >= 4 is 5.69 Å². The lowest BCUT2D eigenvalue weighted by Crippen LogP contribution is -3.15. The van der Waals surface area contributed by atoms with Crippen LogP contribution in [0.1, 0.15) is 69.8 Å². The van der Waals surface area contributed by atoms with Gasteiger partial charge in [0, 0.05) is 6.42 Å². The van der Waals surface area contributed by atoms with Gasteiger partial charge in [-0.3, -0.25) is 0 Å². The van der Waals surface area contributed by atoms with Crippen molar-refractivity contribution in [2.24, 2.45) is 0 Å². The summed E-state index contributed by atoms with van der Waals surface area (Å²) >= 11 is 0. The van der Waals surface area contributed by atoms with Crippen LogP contribution in [0, 0.1) is 5.82 Å². The summed E-state index contributed by atoms with van der Waals surface area (Å²) in [4.78, 5) is 3.71. The number of benzene rings is 1. The Bertz CT molecular complexity index is 749. The lowest BCUT2D eigenvalue weighted by Gasteiger charge is -2.37. The fourth-order valence-electron chi connectivity index (χ4n) is 4.85. The summed E-state index contributed by atoms with van der Waals surface area (Å²) < 4.78 is 16.3. The zero-order valence-electron chi connectivity index (χ0n) is 16.9. The number of nitrogens with one attached hydrogen (secondary N) is 1. The molecule has 1 saturated heterocycles. The Hall–Kier alpha value is -2.02. The smallest absolute Gasteiger partial charge is 0.209 e. The van der Waals surface area contributed by atoms with E-state index >= 15 is 0 Å². The van der Waals surface area contributed by atoms with Crippen LogP contribution in [0.15, 0.2) is 24.3 Å².